The number of non-ortho nitro benzene ring substituents is 1. The van der Waals surface area contributed by atoms with E-state index in [0.717, 1.165) is 0 Å². The van der Waals surface area contributed by atoms with Gasteiger partial charge in [0.25, 0.3) is 5.69 Å². The molecule has 2 N–H and O–H groups in total. The van der Waals surface area contributed by atoms with Crippen LogP contribution < -0.4 is 5.73 Å². The summed E-state index contributed by atoms with van der Waals surface area (Å²) in [6.07, 6.45) is 0.581. The van der Waals surface area contributed by atoms with E-state index in [1.165, 1.54) is 18.2 Å². The van der Waals surface area contributed by atoms with E-state index in [2.05, 4.69) is 0 Å². The van der Waals surface area contributed by atoms with Gasteiger partial charge < -0.3 is 5.73 Å². The predicted molar refractivity (Wildman–Crippen MR) is 76.1 cm³/mol. The van der Waals surface area contributed by atoms with Crippen LogP contribution in [0.1, 0.15) is 12.0 Å². The standard InChI is InChI=1S/C12H17N3O4S/c13-12-3-2-11(15(16)17)8-10(12)9-14-4-1-6-20(18,19)7-5-14/h2-3,8H,1,4-7,9,13H2. The van der Waals surface area contributed by atoms with Crippen molar-refractivity contribution in [1.82, 2.24) is 4.90 Å². The van der Waals surface area contributed by atoms with Crippen molar-refractivity contribution in [2.75, 3.05) is 30.3 Å². The van der Waals surface area contributed by atoms with Crippen molar-refractivity contribution in [3.8, 4) is 0 Å². The summed E-state index contributed by atoms with van der Waals surface area (Å²) in [6.45, 7) is 1.52. The Morgan fingerprint density at radius 1 is 1.30 bits per heavy atom. The van der Waals surface area contributed by atoms with Crippen LogP contribution in [0, 0.1) is 10.1 Å². The predicted octanol–water partition coefficient (Wildman–Crippen LogP) is 0.798. The second-order valence-electron chi connectivity index (χ2n) is 4.92. The van der Waals surface area contributed by atoms with Gasteiger partial charge in [-0.15, -0.1) is 0 Å². The fourth-order valence-corrected chi connectivity index (χ4v) is 3.54. The number of sulfone groups is 1. The third kappa shape index (κ3) is 3.67. The first-order valence-corrected chi connectivity index (χ1v) is 8.15. The molecule has 0 saturated carbocycles. The first-order valence-electron chi connectivity index (χ1n) is 6.33. The Hall–Kier alpha value is -1.67. The highest BCUT2D eigenvalue weighted by Gasteiger charge is 2.20. The Balaban J connectivity index is 2.13. The lowest BCUT2D eigenvalue weighted by Crippen LogP contribution is -2.27. The first kappa shape index (κ1) is 14.7. The third-order valence-electron chi connectivity index (χ3n) is 3.38. The fourth-order valence-electron chi connectivity index (χ4n) is 2.23. The summed E-state index contributed by atoms with van der Waals surface area (Å²) in [4.78, 5) is 12.3. The molecule has 0 aliphatic carbocycles. The van der Waals surface area contributed by atoms with Gasteiger partial charge in [-0.3, -0.25) is 15.0 Å². The lowest BCUT2D eigenvalue weighted by atomic mass is 10.1. The van der Waals surface area contributed by atoms with E-state index < -0.39 is 14.8 Å². The van der Waals surface area contributed by atoms with Gasteiger partial charge in [0.2, 0.25) is 0 Å². The second kappa shape index (κ2) is 5.76. The molecule has 0 amide bonds. The van der Waals surface area contributed by atoms with Crippen molar-refractivity contribution in [2.45, 2.75) is 13.0 Å². The van der Waals surface area contributed by atoms with Gasteiger partial charge >= 0.3 is 0 Å². The molecule has 1 saturated heterocycles. The number of hydrogen-bond donors (Lipinski definition) is 1. The summed E-state index contributed by atoms with van der Waals surface area (Å²) in [6, 6.07) is 4.34. The van der Waals surface area contributed by atoms with Crippen molar-refractivity contribution >= 4 is 21.2 Å². The smallest absolute Gasteiger partial charge is 0.269 e. The van der Waals surface area contributed by atoms with Crippen LogP contribution in [0.15, 0.2) is 18.2 Å². The zero-order valence-electron chi connectivity index (χ0n) is 11.0. The quantitative estimate of drug-likeness (QED) is 0.502. The minimum absolute atomic E-state index is 0.00311. The van der Waals surface area contributed by atoms with Gasteiger partial charge in [-0.05, 0) is 24.6 Å². The summed E-state index contributed by atoms with van der Waals surface area (Å²) in [5.41, 5.74) is 6.98. The van der Waals surface area contributed by atoms with E-state index in [-0.39, 0.29) is 17.2 Å². The van der Waals surface area contributed by atoms with Crippen molar-refractivity contribution in [3.63, 3.8) is 0 Å². The Kier molecular flexibility index (Phi) is 4.24. The maximum atomic E-state index is 11.5. The lowest BCUT2D eigenvalue weighted by Gasteiger charge is -2.20. The molecular weight excluding hydrogens is 282 g/mol. The molecule has 0 aromatic heterocycles. The number of nitrogens with zero attached hydrogens (tertiary/aromatic N) is 2. The molecule has 0 bridgehead atoms. The number of benzene rings is 1. The highest BCUT2D eigenvalue weighted by Crippen LogP contribution is 2.21. The third-order valence-corrected chi connectivity index (χ3v) is 5.09. The van der Waals surface area contributed by atoms with Crippen molar-refractivity contribution in [1.29, 1.82) is 0 Å². The highest BCUT2D eigenvalue weighted by atomic mass is 32.2. The van der Waals surface area contributed by atoms with Gasteiger partial charge in [-0.25, -0.2) is 8.42 Å². The molecule has 0 unspecified atom stereocenters. The number of rotatable bonds is 3. The maximum Gasteiger partial charge on any atom is 0.269 e. The minimum atomic E-state index is -2.96. The number of nitrogen functional groups attached to an aromatic ring is 1. The van der Waals surface area contributed by atoms with Crippen LogP contribution in [0.3, 0.4) is 0 Å². The number of nitrogens with two attached hydrogens (primary N) is 1. The van der Waals surface area contributed by atoms with Gasteiger partial charge in [0.1, 0.15) is 0 Å². The molecule has 0 spiro atoms. The van der Waals surface area contributed by atoms with E-state index in [1.807, 2.05) is 4.90 Å². The number of nitro benzene ring substituents is 1. The Morgan fingerprint density at radius 3 is 2.75 bits per heavy atom. The Bertz CT molecular complexity index is 615. The zero-order valence-corrected chi connectivity index (χ0v) is 11.8. The van der Waals surface area contributed by atoms with Gasteiger partial charge in [-0.2, -0.15) is 0 Å². The summed E-state index contributed by atoms with van der Waals surface area (Å²) >= 11 is 0. The molecule has 1 aromatic rings. The average molecular weight is 299 g/mol. The van der Waals surface area contributed by atoms with Crippen molar-refractivity contribution in [2.24, 2.45) is 0 Å². The Morgan fingerprint density at radius 2 is 2.05 bits per heavy atom. The average Bonchev–Trinajstić information content (AvgIpc) is 2.53. The number of anilines is 1. The molecule has 1 aliphatic heterocycles. The summed E-state index contributed by atoms with van der Waals surface area (Å²) < 4.78 is 23.1. The molecule has 2 rings (SSSR count). The monoisotopic (exact) mass is 299 g/mol. The van der Waals surface area contributed by atoms with E-state index in [1.54, 1.807) is 0 Å². The van der Waals surface area contributed by atoms with E-state index in [4.69, 9.17) is 5.73 Å². The van der Waals surface area contributed by atoms with Crippen molar-refractivity contribution < 1.29 is 13.3 Å². The summed E-state index contributed by atoms with van der Waals surface area (Å²) in [5.74, 6) is 0.329. The number of nitro groups is 1. The van der Waals surface area contributed by atoms with Crippen LogP contribution in [0.25, 0.3) is 0 Å². The lowest BCUT2D eigenvalue weighted by molar-refractivity contribution is -0.384. The van der Waals surface area contributed by atoms with Crippen LogP contribution in [-0.4, -0.2) is 42.8 Å². The molecule has 110 valence electrons. The zero-order chi connectivity index (χ0) is 14.8. The molecule has 1 aromatic carbocycles. The van der Waals surface area contributed by atoms with Crippen LogP contribution in [0.4, 0.5) is 11.4 Å². The molecule has 7 nitrogen and oxygen atoms in total. The van der Waals surface area contributed by atoms with Gasteiger partial charge in [0, 0.05) is 30.9 Å². The molecule has 1 fully saturated rings. The summed E-state index contributed by atoms with van der Waals surface area (Å²) in [5, 5.41) is 10.8. The Labute approximate surface area is 117 Å². The van der Waals surface area contributed by atoms with Crippen LogP contribution in [0.2, 0.25) is 0 Å². The van der Waals surface area contributed by atoms with Crippen LogP contribution >= 0.6 is 0 Å². The molecular formula is C12H17N3O4S. The highest BCUT2D eigenvalue weighted by molar-refractivity contribution is 7.91. The SMILES string of the molecule is Nc1ccc([N+](=O)[O-])cc1CN1CCCS(=O)(=O)CC1. The van der Waals surface area contributed by atoms with Gasteiger partial charge in [0.15, 0.2) is 9.84 Å². The van der Waals surface area contributed by atoms with Crippen LogP contribution in [0.5, 0.6) is 0 Å². The van der Waals surface area contributed by atoms with Gasteiger partial charge in [-0.1, -0.05) is 0 Å². The van der Waals surface area contributed by atoms with Gasteiger partial charge in [0.05, 0.1) is 16.4 Å². The topological polar surface area (TPSA) is 107 Å². The molecule has 8 heteroatoms. The molecule has 1 heterocycles. The molecule has 20 heavy (non-hydrogen) atoms. The largest absolute Gasteiger partial charge is 0.398 e. The molecule has 0 radical (unpaired) electrons. The van der Waals surface area contributed by atoms with E-state index >= 15 is 0 Å². The second-order valence-corrected chi connectivity index (χ2v) is 7.23. The normalized spacial score (nSPS) is 19.4. The summed E-state index contributed by atoms with van der Waals surface area (Å²) in [7, 11) is -2.96. The van der Waals surface area contributed by atoms with E-state index in [0.29, 0.717) is 37.3 Å². The maximum absolute atomic E-state index is 11.5. The number of hydrogen-bond acceptors (Lipinski definition) is 6. The van der Waals surface area contributed by atoms with E-state index in [9.17, 15) is 18.5 Å². The molecule has 1 aliphatic rings. The fraction of sp³-hybridized carbons (Fsp3) is 0.500. The van der Waals surface area contributed by atoms with Crippen LogP contribution in [-0.2, 0) is 16.4 Å². The minimum Gasteiger partial charge on any atom is -0.398 e. The van der Waals surface area contributed by atoms with Crippen molar-refractivity contribution in [3.05, 3.63) is 33.9 Å². The first-order chi connectivity index (χ1) is 9.37. The molecule has 0 atom stereocenters.